The second-order valence-corrected chi connectivity index (χ2v) is 12.6. The Morgan fingerprint density at radius 2 is 1.67 bits per heavy atom. The number of hydrogen-bond donors (Lipinski definition) is 4. The van der Waals surface area contributed by atoms with Gasteiger partial charge < -0.3 is 30.6 Å². The summed E-state index contributed by atoms with van der Waals surface area (Å²) >= 11 is 0. The Kier molecular flexibility index (Phi) is 16.7. The number of benzene rings is 1. The minimum atomic E-state index is -1.28. The van der Waals surface area contributed by atoms with E-state index >= 15 is 0 Å². The summed E-state index contributed by atoms with van der Waals surface area (Å²) < 4.78 is 0. The molecule has 0 saturated heterocycles. The van der Waals surface area contributed by atoms with Crippen molar-refractivity contribution >= 4 is 17.7 Å². The second-order valence-electron chi connectivity index (χ2n) is 12.6. The number of nitrogens with one attached hydrogen (secondary N) is 2. The van der Waals surface area contributed by atoms with Gasteiger partial charge in [-0.25, -0.2) is 0 Å². The minimum absolute atomic E-state index is 0.0346. The Labute approximate surface area is 270 Å². The van der Waals surface area contributed by atoms with Gasteiger partial charge in [0.2, 0.25) is 17.7 Å². The fourth-order valence-corrected chi connectivity index (χ4v) is 5.76. The predicted octanol–water partition coefficient (Wildman–Crippen LogP) is 2.60. The molecule has 3 amide bonds. The lowest BCUT2D eigenvalue weighted by Crippen LogP contribution is -2.57. The zero-order valence-electron chi connectivity index (χ0n) is 27.6. The predicted molar refractivity (Wildman–Crippen MR) is 178 cm³/mol. The number of carbonyl (C=O) groups excluding carboxylic acids is 3. The van der Waals surface area contributed by atoms with Crippen LogP contribution in [0, 0.1) is 42.4 Å². The number of likely N-dealkylation sites (N-methyl/N-ethyl adjacent to an activating group) is 2. The van der Waals surface area contributed by atoms with Crippen LogP contribution in [0.2, 0.25) is 0 Å². The molecule has 1 aliphatic carbocycles. The van der Waals surface area contributed by atoms with Gasteiger partial charge in [-0.1, -0.05) is 69.4 Å². The Hall–Kier alpha value is -3.37. The number of carbonyl (C=O) groups is 3. The first-order valence-corrected chi connectivity index (χ1v) is 16.3. The first-order valence-electron chi connectivity index (χ1n) is 16.3. The lowest BCUT2D eigenvalue weighted by atomic mass is 9.82. The van der Waals surface area contributed by atoms with Crippen molar-refractivity contribution in [2.45, 2.75) is 95.9 Å². The van der Waals surface area contributed by atoms with Crippen molar-refractivity contribution in [1.29, 1.82) is 0 Å². The quantitative estimate of drug-likeness (QED) is 0.187. The van der Waals surface area contributed by atoms with Gasteiger partial charge in [-0.15, -0.1) is 24.7 Å². The molecule has 1 aromatic rings. The van der Waals surface area contributed by atoms with E-state index in [0.717, 1.165) is 44.2 Å². The SMILES string of the molecule is C#CCC(O)C(O)C(CC1CCCCC1)NC(=O)C(NC(=O)C(CC(=O)N(C)CCN(C)CC)Cc1ccccc1)C(C)C#C. The summed E-state index contributed by atoms with van der Waals surface area (Å²) in [7, 11) is 3.71. The summed E-state index contributed by atoms with van der Waals surface area (Å²) in [6, 6.07) is 7.55. The molecule has 0 aromatic heterocycles. The third-order valence-corrected chi connectivity index (χ3v) is 9.02. The highest BCUT2D eigenvalue weighted by molar-refractivity contribution is 5.91. The van der Waals surface area contributed by atoms with E-state index in [-0.39, 0.29) is 24.7 Å². The summed E-state index contributed by atoms with van der Waals surface area (Å²) in [6.07, 6.45) is 14.6. The van der Waals surface area contributed by atoms with Crippen LogP contribution in [0.15, 0.2) is 30.3 Å². The van der Waals surface area contributed by atoms with Crippen LogP contribution < -0.4 is 10.6 Å². The molecule has 45 heavy (non-hydrogen) atoms. The molecule has 0 bridgehead atoms. The van der Waals surface area contributed by atoms with Crippen LogP contribution in [-0.2, 0) is 20.8 Å². The lowest BCUT2D eigenvalue weighted by Gasteiger charge is -2.33. The number of nitrogens with zero attached hydrogens (tertiary/aromatic N) is 2. The molecule has 1 aliphatic rings. The van der Waals surface area contributed by atoms with Gasteiger partial charge in [0.1, 0.15) is 12.1 Å². The van der Waals surface area contributed by atoms with Crippen LogP contribution in [0.1, 0.15) is 70.8 Å². The highest BCUT2D eigenvalue weighted by Gasteiger charge is 2.35. The summed E-state index contributed by atoms with van der Waals surface area (Å²) in [5.41, 5.74) is 0.892. The van der Waals surface area contributed by atoms with Crippen molar-refractivity contribution in [3.05, 3.63) is 35.9 Å². The van der Waals surface area contributed by atoms with Crippen LogP contribution in [-0.4, -0.2) is 95.8 Å². The molecule has 1 aromatic carbocycles. The van der Waals surface area contributed by atoms with Crippen molar-refractivity contribution in [2.24, 2.45) is 17.8 Å². The minimum Gasteiger partial charge on any atom is -0.389 e. The molecule has 0 heterocycles. The molecule has 248 valence electrons. The van der Waals surface area contributed by atoms with Crippen LogP contribution >= 0.6 is 0 Å². The molecule has 9 nitrogen and oxygen atoms in total. The Bertz CT molecular complexity index is 1140. The summed E-state index contributed by atoms with van der Waals surface area (Å²) in [6.45, 7) is 5.81. The molecular formula is C36H54N4O5. The smallest absolute Gasteiger partial charge is 0.244 e. The normalized spacial score (nSPS) is 17.5. The van der Waals surface area contributed by atoms with E-state index in [1.807, 2.05) is 44.3 Å². The number of aliphatic hydroxyl groups is 2. The van der Waals surface area contributed by atoms with E-state index in [1.54, 1.807) is 18.9 Å². The maximum atomic E-state index is 13.8. The highest BCUT2D eigenvalue weighted by Crippen LogP contribution is 2.29. The second kappa shape index (κ2) is 19.9. The molecule has 0 radical (unpaired) electrons. The molecule has 6 unspecified atom stereocenters. The first-order chi connectivity index (χ1) is 21.5. The van der Waals surface area contributed by atoms with Crippen LogP contribution in [0.5, 0.6) is 0 Å². The van der Waals surface area contributed by atoms with Crippen LogP contribution in [0.4, 0.5) is 0 Å². The van der Waals surface area contributed by atoms with Crippen LogP contribution in [0.25, 0.3) is 0 Å². The van der Waals surface area contributed by atoms with E-state index in [4.69, 9.17) is 12.8 Å². The van der Waals surface area contributed by atoms with Crippen molar-refractivity contribution in [1.82, 2.24) is 20.4 Å². The summed E-state index contributed by atoms with van der Waals surface area (Å²) in [4.78, 5) is 44.6. The maximum Gasteiger partial charge on any atom is 0.244 e. The van der Waals surface area contributed by atoms with E-state index in [2.05, 4.69) is 27.4 Å². The maximum absolute atomic E-state index is 13.8. The van der Waals surface area contributed by atoms with Crippen molar-refractivity contribution in [3.8, 4) is 24.7 Å². The van der Waals surface area contributed by atoms with Gasteiger partial charge in [0.25, 0.3) is 0 Å². The largest absolute Gasteiger partial charge is 0.389 e. The molecule has 4 N–H and O–H groups in total. The molecule has 1 saturated carbocycles. The van der Waals surface area contributed by atoms with Gasteiger partial charge in [0.15, 0.2) is 0 Å². The molecule has 9 heteroatoms. The van der Waals surface area contributed by atoms with Crippen molar-refractivity contribution in [3.63, 3.8) is 0 Å². The van der Waals surface area contributed by atoms with Gasteiger partial charge in [-0.3, -0.25) is 14.4 Å². The first kappa shape index (κ1) is 37.8. The standard InChI is InChI=1S/C36H54N4O5/c1-7-16-31(41)34(43)30(24-28-19-14-11-15-20-28)37-36(45)33(26(4)8-2)38-35(44)29(23-27-17-12-10-13-18-27)25-32(42)40(6)22-21-39(5)9-3/h1-2,10,12-13,17-18,26,28-31,33-34,41,43H,9,11,14-16,19-25H2,3-6H3,(H,37,45)(H,38,44). The molecule has 1 fully saturated rings. The molecular weight excluding hydrogens is 568 g/mol. The third-order valence-electron chi connectivity index (χ3n) is 9.02. The molecule has 0 aliphatic heterocycles. The fraction of sp³-hybridized carbons (Fsp3) is 0.639. The number of aliphatic hydroxyl groups excluding tert-OH is 2. The molecule has 0 spiro atoms. The van der Waals surface area contributed by atoms with E-state index < -0.39 is 47.9 Å². The van der Waals surface area contributed by atoms with Gasteiger partial charge in [-0.2, -0.15) is 0 Å². The van der Waals surface area contributed by atoms with Crippen molar-refractivity contribution < 1.29 is 24.6 Å². The van der Waals surface area contributed by atoms with Gasteiger partial charge in [0.05, 0.1) is 18.1 Å². The molecule has 2 rings (SSSR count). The number of amides is 3. The number of rotatable bonds is 18. The summed E-state index contributed by atoms with van der Waals surface area (Å²) in [5, 5.41) is 27.3. The average Bonchev–Trinajstić information content (AvgIpc) is 3.05. The lowest BCUT2D eigenvalue weighted by molar-refractivity contribution is -0.137. The van der Waals surface area contributed by atoms with Gasteiger partial charge >= 0.3 is 0 Å². The van der Waals surface area contributed by atoms with Crippen LogP contribution in [0.3, 0.4) is 0 Å². The number of terminal acetylenes is 2. The fourth-order valence-electron chi connectivity index (χ4n) is 5.76. The Balaban J connectivity index is 2.26. The van der Waals surface area contributed by atoms with Gasteiger partial charge in [0, 0.05) is 38.9 Å². The van der Waals surface area contributed by atoms with Gasteiger partial charge in [-0.05, 0) is 44.8 Å². The third kappa shape index (κ3) is 12.9. The monoisotopic (exact) mass is 622 g/mol. The zero-order valence-corrected chi connectivity index (χ0v) is 27.6. The Morgan fingerprint density at radius 3 is 2.27 bits per heavy atom. The average molecular weight is 623 g/mol. The van der Waals surface area contributed by atoms with E-state index in [1.165, 1.54) is 0 Å². The van der Waals surface area contributed by atoms with Crippen molar-refractivity contribution in [2.75, 3.05) is 33.7 Å². The Morgan fingerprint density at radius 1 is 1.00 bits per heavy atom. The van der Waals surface area contributed by atoms with E-state index in [0.29, 0.717) is 25.9 Å². The number of hydrogen-bond acceptors (Lipinski definition) is 6. The topological polar surface area (TPSA) is 122 Å². The highest BCUT2D eigenvalue weighted by atomic mass is 16.3. The van der Waals surface area contributed by atoms with E-state index in [9.17, 15) is 24.6 Å². The zero-order chi connectivity index (χ0) is 33.4. The molecule has 6 atom stereocenters. The summed E-state index contributed by atoms with van der Waals surface area (Å²) in [5.74, 6) is 2.62.